The van der Waals surface area contributed by atoms with Crippen LogP contribution in [0.4, 0.5) is 4.39 Å². The number of sulfonamides is 1. The predicted octanol–water partition coefficient (Wildman–Crippen LogP) is 2.12. The molecule has 0 saturated heterocycles. The van der Waals surface area contributed by atoms with E-state index in [0.29, 0.717) is 18.0 Å². The average molecular weight is 314 g/mol. The fourth-order valence-corrected chi connectivity index (χ4v) is 3.34. The van der Waals surface area contributed by atoms with E-state index in [1.807, 2.05) is 0 Å². The van der Waals surface area contributed by atoms with Crippen LogP contribution in [0.5, 0.6) is 0 Å². The van der Waals surface area contributed by atoms with Crippen LogP contribution in [0.25, 0.3) is 0 Å². The van der Waals surface area contributed by atoms with Crippen molar-refractivity contribution >= 4 is 10.0 Å². The highest BCUT2D eigenvalue weighted by Gasteiger charge is 2.21. The van der Waals surface area contributed by atoms with E-state index in [4.69, 9.17) is 0 Å². The lowest BCUT2D eigenvalue weighted by Crippen LogP contribution is -2.29. The largest absolute Gasteiger partial charge is 0.314 e. The summed E-state index contributed by atoms with van der Waals surface area (Å²) in [7, 11) is -1.82. The minimum Gasteiger partial charge on any atom is -0.314 e. The average Bonchev–Trinajstić information content (AvgIpc) is 3.25. The number of hydrogen-bond donors (Lipinski definition) is 1. The Hall–Kier alpha value is -0.980. The molecule has 118 valence electrons. The molecule has 1 aliphatic carbocycles. The Bertz CT molecular complexity index is 559. The lowest BCUT2D eigenvalue weighted by atomic mass is 10.2. The number of nitrogens with one attached hydrogen (secondary N) is 1. The van der Waals surface area contributed by atoms with Crippen molar-refractivity contribution < 1.29 is 12.8 Å². The topological polar surface area (TPSA) is 49.4 Å². The normalized spacial score (nSPS) is 15.6. The first-order valence-electron chi connectivity index (χ1n) is 7.40. The Morgan fingerprint density at radius 1 is 1.29 bits per heavy atom. The summed E-state index contributed by atoms with van der Waals surface area (Å²) in [6.45, 7) is 0.951. The summed E-state index contributed by atoms with van der Waals surface area (Å²) in [5.74, 6) is -0.252. The summed E-state index contributed by atoms with van der Waals surface area (Å²) in [5, 5.41) is 3.36. The molecule has 0 atom stereocenters. The van der Waals surface area contributed by atoms with Gasteiger partial charge in [-0.05, 0) is 38.3 Å². The summed E-state index contributed by atoms with van der Waals surface area (Å²) in [6.07, 6.45) is 3.96. The van der Waals surface area contributed by atoms with E-state index < -0.39 is 10.0 Å². The standard InChI is InChI=1S/C15H23FN2O2S/c1-18(12-13-6-2-3-7-15(13)16)21(19,20)11-5-4-10-17-14-8-9-14/h2-3,6-7,14,17H,4-5,8-12H2,1H3. The molecule has 0 spiro atoms. The second-order valence-corrected chi connectivity index (χ2v) is 7.79. The van der Waals surface area contributed by atoms with Crippen molar-refractivity contribution in [2.45, 2.75) is 38.3 Å². The minimum atomic E-state index is -3.32. The smallest absolute Gasteiger partial charge is 0.214 e. The fourth-order valence-electron chi connectivity index (χ4n) is 2.12. The molecule has 0 amide bonds. The van der Waals surface area contributed by atoms with Crippen LogP contribution in [-0.2, 0) is 16.6 Å². The molecule has 6 heteroatoms. The maximum atomic E-state index is 13.5. The van der Waals surface area contributed by atoms with Crippen molar-refractivity contribution in [2.24, 2.45) is 0 Å². The van der Waals surface area contributed by atoms with Crippen molar-refractivity contribution in [3.05, 3.63) is 35.6 Å². The number of hydrogen-bond acceptors (Lipinski definition) is 3. The van der Waals surface area contributed by atoms with Crippen LogP contribution < -0.4 is 5.32 Å². The van der Waals surface area contributed by atoms with E-state index in [1.54, 1.807) is 18.2 Å². The lowest BCUT2D eigenvalue weighted by molar-refractivity contribution is 0.454. The van der Waals surface area contributed by atoms with Gasteiger partial charge in [0.05, 0.1) is 5.75 Å². The van der Waals surface area contributed by atoms with Crippen LogP contribution in [0.2, 0.25) is 0 Å². The van der Waals surface area contributed by atoms with Gasteiger partial charge in [0.15, 0.2) is 0 Å². The third kappa shape index (κ3) is 5.37. The van der Waals surface area contributed by atoms with Crippen molar-refractivity contribution in [3.8, 4) is 0 Å². The molecule has 0 heterocycles. The number of benzene rings is 1. The number of unbranched alkanes of at least 4 members (excludes halogenated alkanes) is 1. The maximum Gasteiger partial charge on any atom is 0.214 e. The molecular formula is C15H23FN2O2S. The maximum absolute atomic E-state index is 13.5. The first-order chi connectivity index (χ1) is 9.99. The van der Waals surface area contributed by atoms with E-state index >= 15 is 0 Å². The highest BCUT2D eigenvalue weighted by atomic mass is 32.2. The molecule has 1 saturated carbocycles. The van der Waals surface area contributed by atoms with E-state index in [-0.39, 0.29) is 18.1 Å². The van der Waals surface area contributed by atoms with Crippen LogP contribution in [0.3, 0.4) is 0 Å². The van der Waals surface area contributed by atoms with Crippen LogP contribution in [0.15, 0.2) is 24.3 Å². The van der Waals surface area contributed by atoms with Gasteiger partial charge in [0.25, 0.3) is 0 Å². The van der Waals surface area contributed by atoms with E-state index in [1.165, 1.54) is 30.3 Å². The molecule has 0 bridgehead atoms. The summed E-state index contributed by atoms with van der Waals surface area (Å²) in [5.41, 5.74) is 0.402. The molecule has 4 nitrogen and oxygen atoms in total. The molecule has 1 aromatic rings. The second-order valence-electron chi connectivity index (χ2n) is 5.60. The summed E-state index contributed by atoms with van der Waals surface area (Å²) >= 11 is 0. The third-order valence-corrected chi connectivity index (χ3v) is 5.55. The zero-order chi connectivity index (χ0) is 15.3. The Balaban J connectivity index is 1.76. The van der Waals surface area contributed by atoms with Crippen LogP contribution in [0.1, 0.15) is 31.2 Å². The number of nitrogens with zero attached hydrogens (tertiary/aromatic N) is 1. The second kappa shape index (κ2) is 7.33. The van der Waals surface area contributed by atoms with E-state index in [0.717, 1.165) is 13.0 Å². The zero-order valence-corrected chi connectivity index (χ0v) is 13.2. The highest BCUT2D eigenvalue weighted by molar-refractivity contribution is 7.89. The van der Waals surface area contributed by atoms with Gasteiger partial charge in [-0.3, -0.25) is 0 Å². The van der Waals surface area contributed by atoms with Crippen molar-refractivity contribution in [3.63, 3.8) is 0 Å². The van der Waals surface area contributed by atoms with Gasteiger partial charge in [-0.25, -0.2) is 17.1 Å². The molecule has 0 aliphatic heterocycles. The minimum absolute atomic E-state index is 0.0787. The Labute approximate surface area is 126 Å². The summed E-state index contributed by atoms with van der Waals surface area (Å²) < 4.78 is 39.1. The van der Waals surface area contributed by atoms with Gasteiger partial charge in [0, 0.05) is 25.2 Å². The van der Waals surface area contributed by atoms with E-state index in [2.05, 4.69) is 5.32 Å². The van der Waals surface area contributed by atoms with Crippen molar-refractivity contribution in [2.75, 3.05) is 19.3 Å². The SMILES string of the molecule is CN(Cc1ccccc1F)S(=O)(=O)CCCCNC1CC1. The number of rotatable bonds is 9. The quantitative estimate of drug-likeness (QED) is 0.710. The highest BCUT2D eigenvalue weighted by Crippen LogP contribution is 2.18. The molecule has 0 radical (unpaired) electrons. The fraction of sp³-hybridized carbons (Fsp3) is 0.600. The molecule has 1 fully saturated rings. The summed E-state index contributed by atoms with van der Waals surface area (Å²) in [4.78, 5) is 0. The van der Waals surface area contributed by atoms with E-state index in [9.17, 15) is 12.8 Å². The van der Waals surface area contributed by atoms with Gasteiger partial charge in [-0.2, -0.15) is 0 Å². The van der Waals surface area contributed by atoms with Gasteiger partial charge in [-0.15, -0.1) is 0 Å². The first-order valence-corrected chi connectivity index (χ1v) is 9.01. The molecule has 1 aliphatic rings. The van der Waals surface area contributed by atoms with Gasteiger partial charge >= 0.3 is 0 Å². The molecule has 0 unspecified atom stereocenters. The number of halogens is 1. The van der Waals surface area contributed by atoms with Crippen LogP contribution >= 0.6 is 0 Å². The third-order valence-electron chi connectivity index (χ3n) is 3.67. The van der Waals surface area contributed by atoms with Crippen LogP contribution in [0, 0.1) is 5.82 Å². The zero-order valence-electron chi connectivity index (χ0n) is 12.4. The predicted molar refractivity (Wildman–Crippen MR) is 81.9 cm³/mol. The Morgan fingerprint density at radius 2 is 2.00 bits per heavy atom. The first kappa shape index (κ1) is 16.4. The molecule has 21 heavy (non-hydrogen) atoms. The van der Waals surface area contributed by atoms with Gasteiger partial charge in [0.2, 0.25) is 10.0 Å². The molecule has 2 rings (SSSR count). The van der Waals surface area contributed by atoms with Gasteiger partial charge in [-0.1, -0.05) is 18.2 Å². The molecule has 1 N–H and O–H groups in total. The van der Waals surface area contributed by atoms with Crippen molar-refractivity contribution in [1.29, 1.82) is 0 Å². The lowest BCUT2D eigenvalue weighted by Gasteiger charge is -2.17. The summed E-state index contributed by atoms with van der Waals surface area (Å²) in [6, 6.07) is 6.92. The van der Waals surface area contributed by atoms with Crippen molar-refractivity contribution in [1.82, 2.24) is 9.62 Å². The van der Waals surface area contributed by atoms with Crippen LogP contribution in [-0.4, -0.2) is 38.1 Å². The Morgan fingerprint density at radius 3 is 2.67 bits per heavy atom. The van der Waals surface area contributed by atoms with Gasteiger partial charge in [0.1, 0.15) is 5.82 Å². The molecule has 1 aromatic carbocycles. The molecule has 0 aromatic heterocycles. The monoisotopic (exact) mass is 314 g/mol. The molecular weight excluding hydrogens is 291 g/mol. The Kier molecular flexibility index (Phi) is 5.72. The van der Waals surface area contributed by atoms with Gasteiger partial charge < -0.3 is 5.32 Å².